The van der Waals surface area contributed by atoms with Gasteiger partial charge in [0.2, 0.25) is 5.95 Å². The molecule has 0 aliphatic heterocycles. The molecule has 2 aromatic rings. The summed E-state index contributed by atoms with van der Waals surface area (Å²) in [7, 11) is 1.61. The number of methoxy groups -OCH3 is 1. The molecule has 2 N–H and O–H groups in total. The number of hydrogen-bond acceptors (Lipinski definition) is 5. The van der Waals surface area contributed by atoms with Gasteiger partial charge in [0.15, 0.2) is 5.69 Å². The van der Waals surface area contributed by atoms with Crippen LogP contribution in [0.2, 0.25) is 0 Å². The highest BCUT2D eigenvalue weighted by Gasteiger charge is 2.05. The van der Waals surface area contributed by atoms with E-state index in [1.54, 1.807) is 7.11 Å². The Balaban J connectivity index is 2.01. The van der Waals surface area contributed by atoms with Gasteiger partial charge in [0.1, 0.15) is 5.75 Å². The van der Waals surface area contributed by atoms with Gasteiger partial charge in [-0.2, -0.15) is 0 Å². The highest BCUT2D eigenvalue weighted by Crippen LogP contribution is 2.12. The molecule has 6 nitrogen and oxygen atoms in total. The van der Waals surface area contributed by atoms with E-state index in [0.29, 0.717) is 6.54 Å². The third-order valence-corrected chi connectivity index (χ3v) is 2.48. The second kappa shape index (κ2) is 5.81. The number of nitrogens with zero attached hydrogens (tertiary/aromatic N) is 2. The minimum atomic E-state index is -1.07. The van der Waals surface area contributed by atoms with E-state index in [4.69, 9.17) is 9.84 Å². The lowest BCUT2D eigenvalue weighted by atomic mass is 10.2. The van der Waals surface area contributed by atoms with Gasteiger partial charge in [0, 0.05) is 12.7 Å². The molecule has 0 amide bonds. The number of rotatable bonds is 5. The zero-order valence-electron chi connectivity index (χ0n) is 10.3. The van der Waals surface area contributed by atoms with E-state index in [9.17, 15) is 4.79 Å². The van der Waals surface area contributed by atoms with Crippen LogP contribution < -0.4 is 10.1 Å². The average molecular weight is 259 g/mol. The van der Waals surface area contributed by atoms with Gasteiger partial charge in [0.25, 0.3) is 0 Å². The molecule has 0 aliphatic carbocycles. The fourth-order valence-corrected chi connectivity index (χ4v) is 1.49. The Morgan fingerprint density at radius 3 is 2.68 bits per heavy atom. The molecule has 1 aromatic carbocycles. The minimum Gasteiger partial charge on any atom is -0.497 e. The van der Waals surface area contributed by atoms with Gasteiger partial charge in [-0.05, 0) is 23.8 Å². The van der Waals surface area contributed by atoms with E-state index in [2.05, 4.69) is 15.3 Å². The molecular weight excluding hydrogens is 246 g/mol. The van der Waals surface area contributed by atoms with Gasteiger partial charge in [0.05, 0.1) is 7.11 Å². The smallest absolute Gasteiger partial charge is 0.354 e. The first-order valence-electron chi connectivity index (χ1n) is 5.62. The molecule has 2 rings (SSSR count). The Labute approximate surface area is 110 Å². The second-order valence-electron chi connectivity index (χ2n) is 3.77. The molecule has 0 bridgehead atoms. The summed E-state index contributed by atoms with van der Waals surface area (Å²) in [6, 6.07) is 8.87. The number of ether oxygens (including phenoxy) is 1. The summed E-state index contributed by atoms with van der Waals surface area (Å²) in [6.07, 6.45) is 1.41. The van der Waals surface area contributed by atoms with Crippen LogP contribution in [0, 0.1) is 0 Å². The SMILES string of the molecule is COc1ccc(CNc2nccc(C(=O)O)n2)cc1. The van der Waals surface area contributed by atoms with Crippen LogP contribution in [0.4, 0.5) is 5.95 Å². The summed E-state index contributed by atoms with van der Waals surface area (Å²) in [5, 5.41) is 11.8. The number of carboxylic acids is 1. The lowest BCUT2D eigenvalue weighted by Crippen LogP contribution is -2.07. The Hall–Kier alpha value is -2.63. The predicted octanol–water partition coefficient (Wildman–Crippen LogP) is 1.80. The lowest BCUT2D eigenvalue weighted by molar-refractivity contribution is 0.0690. The highest BCUT2D eigenvalue weighted by molar-refractivity contribution is 5.85. The van der Waals surface area contributed by atoms with Crippen molar-refractivity contribution >= 4 is 11.9 Å². The lowest BCUT2D eigenvalue weighted by Gasteiger charge is -2.06. The molecule has 6 heteroatoms. The molecule has 0 unspecified atom stereocenters. The van der Waals surface area contributed by atoms with Crippen molar-refractivity contribution < 1.29 is 14.6 Å². The Morgan fingerprint density at radius 1 is 1.32 bits per heavy atom. The summed E-state index contributed by atoms with van der Waals surface area (Å²) >= 11 is 0. The summed E-state index contributed by atoms with van der Waals surface area (Å²) in [4.78, 5) is 18.6. The monoisotopic (exact) mass is 259 g/mol. The fraction of sp³-hybridized carbons (Fsp3) is 0.154. The van der Waals surface area contributed by atoms with Crippen molar-refractivity contribution in [3.05, 3.63) is 47.8 Å². The van der Waals surface area contributed by atoms with Crippen LogP contribution in [0.5, 0.6) is 5.75 Å². The third kappa shape index (κ3) is 3.41. The zero-order chi connectivity index (χ0) is 13.7. The van der Waals surface area contributed by atoms with Crippen molar-refractivity contribution in [3.8, 4) is 5.75 Å². The first-order chi connectivity index (χ1) is 9.19. The standard InChI is InChI=1S/C13H13N3O3/c1-19-10-4-2-9(3-5-10)8-15-13-14-7-6-11(16-13)12(17)18/h2-7H,8H2,1H3,(H,17,18)(H,14,15,16). The molecule has 0 aliphatic rings. The van der Waals surface area contributed by atoms with Crippen LogP contribution in [-0.2, 0) is 6.54 Å². The number of carboxylic acid groups (broad SMARTS) is 1. The van der Waals surface area contributed by atoms with E-state index in [1.807, 2.05) is 24.3 Å². The van der Waals surface area contributed by atoms with E-state index in [0.717, 1.165) is 11.3 Å². The minimum absolute atomic E-state index is 0.0350. The van der Waals surface area contributed by atoms with Crippen molar-refractivity contribution in [2.45, 2.75) is 6.54 Å². The van der Waals surface area contributed by atoms with Crippen LogP contribution in [0.15, 0.2) is 36.5 Å². The Morgan fingerprint density at radius 2 is 2.05 bits per heavy atom. The number of aromatic carboxylic acids is 1. The molecule has 0 radical (unpaired) electrons. The van der Waals surface area contributed by atoms with Crippen LogP contribution in [0.25, 0.3) is 0 Å². The number of anilines is 1. The number of carbonyl (C=O) groups is 1. The Kier molecular flexibility index (Phi) is 3.92. The van der Waals surface area contributed by atoms with Crippen molar-refractivity contribution in [3.63, 3.8) is 0 Å². The third-order valence-electron chi connectivity index (χ3n) is 2.48. The van der Waals surface area contributed by atoms with E-state index in [1.165, 1.54) is 12.3 Å². The van der Waals surface area contributed by atoms with Crippen LogP contribution in [0.1, 0.15) is 16.1 Å². The summed E-state index contributed by atoms with van der Waals surface area (Å²) in [6.45, 7) is 0.507. The molecule has 0 spiro atoms. The molecule has 98 valence electrons. The summed E-state index contributed by atoms with van der Waals surface area (Å²) < 4.78 is 5.06. The van der Waals surface area contributed by atoms with Crippen molar-refractivity contribution in [2.75, 3.05) is 12.4 Å². The zero-order valence-corrected chi connectivity index (χ0v) is 10.3. The quantitative estimate of drug-likeness (QED) is 0.851. The van der Waals surface area contributed by atoms with Crippen LogP contribution >= 0.6 is 0 Å². The van der Waals surface area contributed by atoms with Crippen LogP contribution in [0.3, 0.4) is 0 Å². The van der Waals surface area contributed by atoms with Crippen LogP contribution in [-0.4, -0.2) is 28.2 Å². The van der Waals surface area contributed by atoms with Crippen molar-refractivity contribution in [1.29, 1.82) is 0 Å². The topological polar surface area (TPSA) is 84.3 Å². The maximum absolute atomic E-state index is 10.8. The highest BCUT2D eigenvalue weighted by atomic mass is 16.5. The van der Waals surface area contributed by atoms with Gasteiger partial charge in [-0.25, -0.2) is 14.8 Å². The van der Waals surface area contributed by atoms with E-state index >= 15 is 0 Å². The summed E-state index contributed by atoms with van der Waals surface area (Å²) in [5.41, 5.74) is 0.984. The molecular formula is C13H13N3O3. The molecule has 19 heavy (non-hydrogen) atoms. The molecule has 1 heterocycles. The summed E-state index contributed by atoms with van der Waals surface area (Å²) in [5.74, 6) is -0.00140. The van der Waals surface area contributed by atoms with Gasteiger partial charge < -0.3 is 15.2 Å². The maximum atomic E-state index is 10.8. The van der Waals surface area contributed by atoms with Crippen molar-refractivity contribution in [1.82, 2.24) is 9.97 Å². The molecule has 0 atom stereocenters. The number of benzene rings is 1. The number of aromatic nitrogens is 2. The Bertz CT molecular complexity index is 570. The molecule has 0 saturated heterocycles. The maximum Gasteiger partial charge on any atom is 0.354 e. The second-order valence-corrected chi connectivity index (χ2v) is 3.77. The largest absolute Gasteiger partial charge is 0.497 e. The first kappa shape index (κ1) is 12.8. The van der Waals surface area contributed by atoms with Gasteiger partial charge >= 0.3 is 5.97 Å². The van der Waals surface area contributed by atoms with Gasteiger partial charge in [-0.1, -0.05) is 12.1 Å². The van der Waals surface area contributed by atoms with Gasteiger partial charge in [-0.3, -0.25) is 0 Å². The number of nitrogens with one attached hydrogen (secondary N) is 1. The fourth-order valence-electron chi connectivity index (χ4n) is 1.49. The number of hydrogen-bond donors (Lipinski definition) is 2. The molecule has 1 aromatic heterocycles. The predicted molar refractivity (Wildman–Crippen MR) is 69.3 cm³/mol. The normalized spacial score (nSPS) is 9.95. The first-order valence-corrected chi connectivity index (χ1v) is 5.62. The van der Waals surface area contributed by atoms with E-state index in [-0.39, 0.29) is 11.6 Å². The molecule has 0 saturated carbocycles. The van der Waals surface area contributed by atoms with E-state index < -0.39 is 5.97 Å². The molecule has 0 fully saturated rings. The van der Waals surface area contributed by atoms with Gasteiger partial charge in [-0.15, -0.1) is 0 Å². The average Bonchev–Trinajstić information content (AvgIpc) is 2.46. The van der Waals surface area contributed by atoms with Crippen molar-refractivity contribution in [2.24, 2.45) is 0 Å².